The topological polar surface area (TPSA) is 16.4 Å². The van der Waals surface area contributed by atoms with Crippen LogP contribution in [0.5, 0.6) is 0 Å². The van der Waals surface area contributed by atoms with Gasteiger partial charge in [-0.15, -0.1) is 0 Å². The van der Waals surface area contributed by atoms with E-state index in [2.05, 4.69) is 223 Å². The lowest BCUT2D eigenvalue weighted by Crippen LogP contribution is -2.29. The van der Waals surface area contributed by atoms with Crippen LogP contribution in [0.3, 0.4) is 0 Å². The van der Waals surface area contributed by atoms with Gasteiger partial charge in [0.05, 0.1) is 5.41 Å². The standard InChI is InChI=1S/C62H39NO/c1-2-14-39(15-3-1)40-26-29-43(30-27-40)63(45-32-35-59-53(38-45)50-21-10-13-25-58(50)64-59)44-31-34-56-52(37-44)48-19-7-6-18-47(48)49-20-8-11-23-54(49)62(56)55-24-12-9-22-51(55)61-57(62)33-28-42-36-41-16-4-5-17-46(41)60(42)61/h1-35,37-38H,36H2. The molecule has 0 aliphatic heterocycles. The Bertz CT molecular complexity index is 3710. The van der Waals surface area contributed by atoms with Crippen LogP contribution in [0.4, 0.5) is 17.1 Å². The van der Waals surface area contributed by atoms with Gasteiger partial charge in [0.1, 0.15) is 11.2 Å². The number of rotatable bonds is 4. The molecule has 0 amide bonds. The fourth-order valence-electron chi connectivity index (χ4n) is 11.7. The quantitative estimate of drug-likeness (QED) is 0.176. The number of hydrogen-bond donors (Lipinski definition) is 0. The highest BCUT2D eigenvalue weighted by Gasteiger charge is 2.51. The monoisotopic (exact) mass is 813 g/mol. The number of anilines is 3. The average Bonchev–Trinajstić information content (AvgIpc) is 4.00. The van der Waals surface area contributed by atoms with Crippen molar-refractivity contribution in [2.45, 2.75) is 11.8 Å². The van der Waals surface area contributed by atoms with Gasteiger partial charge in [0.25, 0.3) is 0 Å². The molecular weight excluding hydrogens is 775 g/mol. The zero-order valence-corrected chi connectivity index (χ0v) is 34.9. The third kappa shape index (κ3) is 4.85. The first-order valence-electron chi connectivity index (χ1n) is 22.3. The van der Waals surface area contributed by atoms with E-state index in [-0.39, 0.29) is 0 Å². The van der Waals surface area contributed by atoms with Crippen molar-refractivity contribution in [1.29, 1.82) is 0 Å². The molecule has 1 atom stereocenters. The lowest BCUT2D eigenvalue weighted by molar-refractivity contribution is 0.669. The molecule has 298 valence electrons. The minimum atomic E-state index is -0.585. The molecule has 0 radical (unpaired) electrons. The van der Waals surface area contributed by atoms with Gasteiger partial charge in [-0.3, -0.25) is 0 Å². The number of nitrogens with zero attached hydrogens (tertiary/aromatic N) is 1. The van der Waals surface area contributed by atoms with Crippen LogP contribution in [0.25, 0.3) is 77.6 Å². The molecule has 0 bridgehead atoms. The van der Waals surface area contributed by atoms with Crippen LogP contribution in [-0.2, 0) is 11.8 Å². The Morgan fingerprint density at radius 2 is 0.891 bits per heavy atom. The highest BCUT2D eigenvalue weighted by Crippen LogP contribution is 2.64. The number of furan rings is 1. The van der Waals surface area contributed by atoms with E-state index >= 15 is 0 Å². The summed E-state index contributed by atoms with van der Waals surface area (Å²) >= 11 is 0. The van der Waals surface area contributed by atoms with Crippen molar-refractivity contribution in [1.82, 2.24) is 0 Å². The van der Waals surface area contributed by atoms with Gasteiger partial charge in [-0.2, -0.15) is 0 Å². The second-order valence-electron chi connectivity index (χ2n) is 17.5. The molecule has 0 fully saturated rings. The molecule has 0 N–H and O–H groups in total. The molecule has 64 heavy (non-hydrogen) atoms. The molecule has 3 aliphatic rings. The van der Waals surface area contributed by atoms with Gasteiger partial charge in [-0.25, -0.2) is 0 Å². The Balaban J connectivity index is 1.06. The lowest BCUT2D eigenvalue weighted by Gasteiger charge is -2.36. The van der Waals surface area contributed by atoms with Crippen molar-refractivity contribution in [2.24, 2.45) is 0 Å². The molecular formula is C62H39NO. The lowest BCUT2D eigenvalue weighted by atomic mass is 9.65. The SMILES string of the molecule is c1ccc(-c2ccc(N(c3ccc4c(c3)-c3ccccc3-c3ccccc3C43c4ccccc4-c4c3ccc3c4-c4ccccc4C3)c3ccc4oc5ccccc5c4c3)cc2)cc1. The number of fused-ring (bicyclic) bond motifs is 19. The van der Waals surface area contributed by atoms with Crippen LogP contribution < -0.4 is 4.90 Å². The smallest absolute Gasteiger partial charge is 0.135 e. The summed E-state index contributed by atoms with van der Waals surface area (Å²) in [5, 5.41) is 2.21. The Morgan fingerprint density at radius 3 is 1.72 bits per heavy atom. The summed E-state index contributed by atoms with van der Waals surface area (Å²) in [6.45, 7) is 0. The molecule has 0 saturated carbocycles. The predicted molar refractivity (Wildman–Crippen MR) is 264 cm³/mol. The van der Waals surface area contributed by atoms with Crippen LogP contribution >= 0.6 is 0 Å². The molecule has 1 aromatic heterocycles. The maximum absolute atomic E-state index is 6.36. The Labute approximate surface area is 372 Å². The van der Waals surface area contributed by atoms with Crippen LogP contribution in [0.1, 0.15) is 33.4 Å². The van der Waals surface area contributed by atoms with Gasteiger partial charge in [0.2, 0.25) is 0 Å². The normalized spacial score (nSPS) is 14.9. The summed E-state index contributed by atoms with van der Waals surface area (Å²) in [5.74, 6) is 0. The fraction of sp³-hybridized carbons (Fsp3) is 0.0323. The molecule has 0 saturated heterocycles. The van der Waals surface area contributed by atoms with E-state index in [0.29, 0.717) is 0 Å². The highest BCUT2D eigenvalue weighted by atomic mass is 16.3. The summed E-state index contributed by atoms with van der Waals surface area (Å²) in [6, 6.07) is 83.3. The van der Waals surface area contributed by atoms with Gasteiger partial charge in [-0.1, -0.05) is 176 Å². The largest absolute Gasteiger partial charge is 0.456 e. The van der Waals surface area contributed by atoms with Crippen molar-refractivity contribution in [3.63, 3.8) is 0 Å². The van der Waals surface area contributed by atoms with Crippen LogP contribution in [0.15, 0.2) is 229 Å². The van der Waals surface area contributed by atoms with Crippen LogP contribution in [-0.4, -0.2) is 0 Å². The van der Waals surface area contributed by atoms with E-state index in [1.807, 2.05) is 6.07 Å². The average molecular weight is 814 g/mol. The molecule has 11 aromatic rings. The van der Waals surface area contributed by atoms with Gasteiger partial charge in [0, 0.05) is 27.8 Å². The van der Waals surface area contributed by atoms with Crippen molar-refractivity contribution in [3.8, 4) is 55.6 Å². The summed E-state index contributed by atoms with van der Waals surface area (Å²) in [5.41, 5.74) is 25.3. The van der Waals surface area contributed by atoms with Crippen molar-refractivity contribution < 1.29 is 4.42 Å². The number of benzene rings is 10. The second kappa shape index (κ2) is 13.4. The summed E-state index contributed by atoms with van der Waals surface area (Å²) in [6.07, 6.45) is 0.957. The zero-order chi connectivity index (χ0) is 41.9. The van der Waals surface area contributed by atoms with Crippen molar-refractivity contribution in [2.75, 3.05) is 4.90 Å². The number of hydrogen-bond acceptors (Lipinski definition) is 2. The van der Waals surface area contributed by atoms with Gasteiger partial charge in [-0.05, 0) is 144 Å². The zero-order valence-electron chi connectivity index (χ0n) is 34.9. The minimum Gasteiger partial charge on any atom is -0.456 e. The molecule has 2 heteroatoms. The Hall–Kier alpha value is -8.20. The van der Waals surface area contributed by atoms with Crippen LogP contribution in [0.2, 0.25) is 0 Å². The Morgan fingerprint density at radius 1 is 0.328 bits per heavy atom. The highest BCUT2D eigenvalue weighted by molar-refractivity contribution is 6.07. The summed E-state index contributed by atoms with van der Waals surface area (Å²) in [4.78, 5) is 2.42. The maximum Gasteiger partial charge on any atom is 0.135 e. The Kier molecular flexibility index (Phi) is 7.41. The molecule has 1 unspecified atom stereocenters. The second-order valence-corrected chi connectivity index (χ2v) is 17.5. The van der Waals surface area contributed by atoms with E-state index in [9.17, 15) is 0 Å². The minimum absolute atomic E-state index is 0.585. The van der Waals surface area contributed by atoms with Crippen LogP contribution in [0, 0.1) is 0 Å². The summed E-state index contributed by atoms with van der Waals surface area (Å²) in [7, 11) is 0. The molecule has 1 spiro atoms. The van der Waals surface area contributed by atoms with E-state index in [1.165, 1.54) is 89.0 Å². The third-order valence-electron chi connectivity index (χ3n) is 14.3. The molecule has 2 nitrogen and oxygen atoms in total. The first kappa shape index (κ1) is 35.4. The molecule has 10 aromatic carbocycles. The van der Waals surface area contributed by atoms with Gasteiger partial charge in [0.15, 0.2) is 0 Å². The fourth-order valence-corrected chi connectivity index (χ4v) is 11.7. The van der Waals surface area contributed by atoms with Gasteiger partial charge >= 0.3 is 0 Å². The first-order valence-corrected chi connectivity index (χ1v) is 22.3. The summed E-state index contributed by atoms with van der Waals surface area (Å²) < 4.78 is 6.36. The number of para-hydroxylation sites is 1. The van der Waals surface area contributed by atoms with E-state index in [0.717, 1.165) is 45.4 Å². The van der Waals surface area contributed by atoms with E-state index in [1.54, 1.807) is 0 Å². The first-order chi connectivity index (χ1) is 31.7. The molecule has 14 rings (SSSR count). The third-order valence-corrected chi connectivity index (χ3v) is 14.3. The predicted octanol–water partition coefficient (Wildman–Crippen LogP) is 16.3. The van der Waals surface area contributed by atoms with E-state index in [4.69, 9.17) is 4.42 Å². The van der Waals surface area contributed by atoms with Gasteiger partial charge < -0.3 is 9.32 Å². The van der Waals surface area contributed by atoms with E-state index < -0.39 is 5.41 Å². The van der Waals surface area contributed by atoms with Crippen molar-refractivity contribution >= 4 is 39.0 Å². The molecule has 1 heterocycles. The maximum atomic E-state index is 6.36. The van der Waals surface area contributed by atoms with Crippen molar-refractivity contribution in [3.05, 3.63) is 258 Å². The molecule has 3 aliphatic carbocycles.